The van der Waals surface area contributed by atoms with Gasteiger partial charge in [0.25, 0.3) is 0 Å². The molecule has 0 amide bonds. The van der Waals surface area contributed by atoms with Gasteiger partial charge >= 0.3 is 0 Å². The SMILES string of the molecule is C1CCCN(CCN2CCNCC2)CC1. The number of rotatable bonds is 3. The highest BCUT2D eigenvalue weighted by atomic mass is 15.2. The summed E-state index contributed by atoms with van der Waals surface area (Å²) in [4.78, 5) is 5.26. The van der Waals surface area contributed by atoms with Gasteiger partial charge in [-0.15, -0.1) is 0 Å². The Morgan fingerprint density at radius 1 is 0.667 bits per heavy atom. The van der Waals surface area contributed by atoms with E-state index in [0.29, 0.717) is 0 Å². The molecular weight excluding hydrogens is 186 g/mol. The van der Waals surface area contributed by atoms with E-state index in [2.05, 4.69) is 15.1 Å². The summed E-state index contributed by atoms with van der Waals surface area (Å²) in [5.41, 5.74) is 0. The van der Waals surface area contributed by atoms with Crippen LogP contribution in [0.2, 0.25) is 0 Å². The van der Waals surface area contributed by atoms with E-state index in [4.69, 9.17) is 0 Å². The molecule has 0 unspecified atom stereocenters. The number of likely N-dealkylation sites (tertiary alicyclic amines) is 1. The van der Waals surface area contributed by atoms with Crippen molar-refractivity contribution >= 4 is 0 Å². The van der Waals surface area contributed by atoms with Crippen LogP contribution >= 0.6 is 0 Å². The predicted molar refractivity (Wildman–Crippen MR) is 64.2 cm³/mol. The molecule has 0 aromatic carbocycles. The molecule has 3 heteroatoms. The highest BCUT2D eigenvalue weighted by molar-refractivity contribution is 4.70. The molecule has 0 radical (unpaired) electrons. The molecular formula is C12H25N3. The fraction of sp³-hybridized carbons (Fsp3) is 1.00. The molecule has 0 aromatic heterocycles. The average Bonchev–Trinajstić information content (AvgIpc) is 2.56. The van der Waals surface area contributed by atoms with Crippen molar-refractivity contribution in [2.75, 3.05) is 52.4 Å². The maximum atomic E-state index is 3.41. The van der Waals surface area contributed by atoms with Crippen molar-refractivity contribution in [3.05, 3.63) is 0 Å². The van der Waals surface area contributed by atoms with Gasteiger partial charge in [0, 0.05) is 39.3 Å². The van der Waals surface area contributed by atoms with E-state index in [1.54, 1.807) is 0 Å². The lowest BCUT2D eigenvalue weighted by molar-refractivity contribution is 0.191. The number of nitrogens with zero attached hydrogens (tertiary/aromatic N) is 2. The standard InChI is InChI=1S/C12H25N3/c1-2-4-8-14(7-3-1)11-12-15-9-5-13-6-10-15/h13H,1-12H2. The van der Waals surface area contributed by atoms with Crippen LogP contribution < -0.4 is 5.32 Å². The Morgan fingerprint density at radius 3 is 1.80 bits per heavy atom. The number of hydrogen-bond donors (Lipinski definition) is 1. The molecule has 2 saturated heterocycles. The van der Waals surface area contributed by atoms with Gasteiger partial charge in [-0.05, 0) is 25.9 Å². The first-order valence-corrected chi connectivity index (χ1v) is 6.60. The molecule has 2 fully saturated rings. The van der Waals surface area contributed by atoms with Gasteiger partial charge in [0.05, 0.1) is 0 Å². The van der Waals surface area contributed by atoms with Gasteiger partial charge in [0.1, 0.15) is 0 Å². The highest BCUT2D eigenvalue weighted by Gasteiger charge is 2.12. The van der Waals surface area contributed by atoms with Crippen LogP contribution in [-0.2, 0) is 0 Å². The molecule has 2 rings (SSSR count). The van der Waals surface area contributed by atoms with E-state index >= 15 is 0 Å². The quantitative estimate of drug-likeness (QED) is 0.744. The van der Waals surface area contributed by atoms with E-state index in [1.165, 1.54) is 78.0 Å². The Hall–Kier alpha value is -0.120. The van der Waals surface area contributed by atoms with Crippen LogP contribution in [0.25, 0.3) is 0 Å². The molecule has 15 heavy (non-hydrogen) atoms. The largest absolute Gasteiger partial charge is 0.314 e. The molecule has 0 aromatic rings. The second kappa shape index (κ2) is 6.46. The smallest absolute Gasteiger partial charge is 0.0110 e. The zero-order chi connectivity index (χ0) is 10.3. The second-order valence-electron chi connectivity index (χ2n) is 4.85. The second-order valence-corrected chi connectivity index (χ2v) is 4.85. The molecule has 0 bridgehead atoms. The Labute approximate surface area is 93.8 Å². The monoisotopic (exact) mass is 211 g/mol. The minimum Gasteiger partial charge on any atom is -0.314 e. The Morgan fingerprint density at radius 2 is 1.20 bits per heavy atom. The van der Waals surface area contributed by atoms with Crippen LogP contribution in [0.1, 0.15) is 25.7 Å². The summed E-state index contributed by atoms with van der Waals surface area (Å²) in [6, 6.07) is 0. The van der Waals surface area contributed by atoms with Gasteiger partial charge in [0.15, 0.2) is 0 Å². The summed E-state index contributed by atoms with van der Waals surface area (Å²) in [6.45, 7) is 10.1. The summed E-state index contributed by atoms with van der Waals surface area (Å²) >= 11 is 0. The first-order valence-electron chi connectivity index (χ1n) is 6.60. The summed E-state index contributed by atoms with van der Waals surface area (Å²) < 4.78 is 0. The fourth-order valence-electron chi connectivity index (χ4n) is 2.58. The normalized spacial score (nSPS) is 26.4. The van der Waals surface area contributed by atoms with Gasteiger partial charge in [0.2, 0.25) is 0 Å². The molecule has 2 aliphatic rings. The highest BCUT2D eigenvalue weighted by Crippen LogP contribution is 2.09. The number of piperazine rings is 1. The van der Waals surface area contributed by atoms with Crippen LogP contribution in [-0.4, -0.2) is 62.2 Å². The van der Waals surface area contributed by atoms with Crippen LogP contribution in [0.5, 0.6) is 0 Å². The number of nitrogens with one attached hydrogen (secondary N) is 1. The lowest BCUT2D eigenvalue weighted by atomic mass is 10.2. The maximum absolute atomic E-state index is 3.41. The van der Waals surface area contributed by atoms with Gasteiger partial charge in [-0.25, -0.2) is 0 Å². The molecule has 0 saturated carbocycles. The van der Waals surface area contributed by atoms with Gasteiger partial charge in [-0.1, -0.05) is 12.8 Å². The molecule has 0 aliphatic carbocycles. The molecule has 0 spiro atoms. The predicted octanol–water partition coefficient (Wildman–Crippen LogP) is 0.768. The summed E-state index contributed by atoms with van der Waals surface area (Å²) in [6.07, 6.45) is 5.73. The van der Waals surface area contributed by atoms with Crippen LogP contribution in [0, 0.1) is 0 Å². The van der Waals surface area contributed by atoms with E-state index in [1.807, 2.05) is 0 Å². The molecule has 0 atom stereocenters. The van der Waals surface area contributed by atoms with Crippen molar-refractivity contribution in [3.8, 4) is 0 Å². The topological polar surface area (TPSA) is 18.5 Å². The van der Waals surface area contributed by atoms with E-state index < -0.39 is 0 Å². The molecule has 1 N–H and O–H groups in total. The summed E-state index contributed by atoms with van der Waals surface area (Å²) in [7, 11) is 0. The van der Waals surface area contributed by atoms with Crippen molar-refractivity contribution in [2.45, 2.75) is 25.7 Å². The van der Waals surface area contributed by atoms with Gasteiger partial charge < -0.3 is 10.2 Å². The average molecular weight is 211 g/mol. The van der Waals surface area contributed by atoms with Gasteiger partial charge in [-0.3, -0.25) is 4.90 Å². The van der Waals surface area contributed by atoms with E-state index in [9.17, 15) is 0 Å². The Bertz CT molecular complexity index is 158. The Balaban J connectivity index is 1.62. The fourth-order valence-corrected chi connectivity index (χ4v) is 2.58. The van der Waals surface area contributed by atoms with Gasteiger partial charge in [-0.2, -0.15) is 0 Å². The van der Waals surface area contributed by atoms with Crippen LogP contribution in [0.3, 0.4) is 0 Å². The summed E-state index contributed by atoms with van der Waals surface area (Å²) in [5.74, 6) is 0. The third-order valence-corrected chi connectivity index (χ3v) is 3.64. The molecule has 88 valence electrons. The molecule has 2 aliphatic heterocycles. The van der Waals surface area contributed by atoms with Crippen molar-refractivity contribution in [2.24, 2.45) is 0 Å². The molecule has 2 heterocycles. The van der Waals surface area contributed by atoms with Crippen LogP contribution in [0.15, 0.2) is 0 Å². The minimum atomic E-state index is 1.18. The number of hydrogen-bond acceptors (Lipinski definition) is 3. The molecule has 3 nitrogen and oxygen atoms in total. The van der Waals surface area contributed by atoms with E-state index in [0.717, 1.165) is 0 Å². The maximum Gasteiger partial charge on any atom is 0.0110 e. The first-order chi connectivity index (χ1) is 7.45. The Kier molecular flexibility index (Phi) is 4.90. The lowest BCUT2D eigenvalue weighted by Crippen LogP contribution is -2.46. The zero-order valence-electron chi connectivity index (χ0n) is 9.88. The van der Waals surface area contributed by atoms with Crippen molar-refractivity contribution < 1.29 is 0 Å². The van der Waals surface area contributed by atoms with Crippen molar-refractivity contribution in [1.29, 1.82) is 0 Å². The van der Waals surface area contributed by atoms with Crippen LogP contribution in [0.4, 0.5) is 0 Å². The summed E-state index contributed by atoms with van der Waals surface area (Å²) in [5, 5.41) is 3.41. The van der Waals surface area contributed by atoms with E-state index in [-0.39, 0.29) is 0 Å². The third kappa shape index (κ3) is 4.09. The zero-order valence-corrected chi connectivity index (χ0v) is 9.88. The lowest BCUT2D eigenvalue weighted by Gasteiger charge is -2.29. The van der Waals surface area contributed by atoms with Crippen molar-refractivity contribution in [3.63, 3.8) is 0 Å². The van der Waals surface area contributed by atoms with Crippen molar-refractivity contribution in [1.82, 2.24) is 15.1 Å². The minimum absolute atomic E-state index is 1.18. The third-order valence-electron chi connectivity index (χ3n) is 3.64. The first kappa shape index (κ1) is 11.4.